The van der Waals surface area contributed by atoms with Crippen molar-refractivity contribution in [2.75, 3.05) is 18.2 Å². The number of halogens is 1. The molecule has 1 heterocycles. The zero-order valence-electron chi connectivity index (χ0n) is 19.2. The van der Waals surface area contributed by atoms with E-state index in [1.165, 1.54) is 31.0 Å². The second-order valence-corrected chi connectivity index (χ2v) is 9.82. The number of ether oxygens (including phenoxy) is 1. The number of nitrogens with one attached hydrogen (secondary N) is 1. The molecule has 33 heavy (non-hydrogen) atoms. The van der Waals surface area contributed by atoms with Crippen LogP contribution in [0.3, 0.4) is 0 Å². The first-order chi connectivity index (χ1) is 16.0. The Balaban J connectivity index is 1.54. The SMILES string of the molecule is COc1ccc(-c2nnc(SCC(=O)Nc3c(C)cc(C)cc3Cl)n2C2CCCCC2)cc1. The van der Waals surface area contributed by atoms with Gasteiger partial charge in [0.25, 0.3) is 0 Å². The highest BCUT2D eigenvalue weighted by atomic mass is 35.5. The van der Waals surface area contributed by atoms with Crippen LogP contribution in [-0.2, 0) is 4.79 Å². The second-order valence-electron chi connectivity index (χ2n) is 8.47. The minimum atomic E-state index is -0.113. The number of thioether (sulfide) groups is 1. The van der Waals surface area contributed by atoms with Crippen LogP contribution in [0, 0.1) is 13.8 Å². The van der Waals surface area contributed by atoms with Gasteiger partial charge in [-0.3, -0.25) is 9.36 Å². The molecule has 0 bridgehead atoms. The van der Waals surface area contributed by atoms with Crippen LogP contribution in [0.1, 0.15) is 49.3 Å². The largest absolute Gasteiger partial charge is 0.497 e. The highest BCUT2D eigenvalue weighted by molar-refractivity contribution is 7.99. The average Bonchev–Trinajstić information content (AvgIpc) is 3.24. The van der Waals surface area contributed by atoms with E-state index in [1.54, 1.807) is 7.11 Å². The number of aromatic nitrogens is 3. The molecule has 1 aliphatic carbocycles. The Bertz CT molecular complexity index is 1100. The molecule has 0 atom stereocenters. The maximum atomic E-state index is 12.7. The normalized spacial score (nSPS) is 14.3. The third kappa shape index (κ3) is 5.53. The zero-order valence-corrected chi connectivity index (χ0v) is 20.8. The van der Waals surface area contributed by atoms with Gasteiger partial charge in [0.2, 0.25) is 5.91 Å². The van der Waals surface area contributed by atoms with Gasteiger partial charge in [0.1, 0.15) is 5.75 Å². The van der Waals surface area contributed by atoms with Crippen LogP contribution in [0.2, 0.25) is 5.02 Å². The molecule has 1 N–H and O–H groups in total. The monoisotopic (exact) mass is 484 g/mol. The van der Waals surface area contributed by atoms with E-state index in [1.807, 2.05) is 50.2 Å². The quantitative estimate of drug-likeness (QED) is 0.390. The summed E-state index contributed by atoms with van der Waals surface area (Å²) in [6.45, 7) is 3.93. The number of hydrogen-bond donors (Lipinski definition) is 1. The summed E-state index contributed by atoms with van der Waals surface area (Å²) in [6.07, 6.45) is 5.84. The number of aryl methyl sites for hydroxylation is 2. The van der Waals surface area contributed by atoms with Gasteiger partial charge in [-0.2, -0.15) is 0 Å². The number of amides is 1. The zero-order chi connectivity index (χ0) is 23.4. The van der Waals surface area contributed by atoms with Crippen molar-refractivity contribution >= 4 is 35.0 Å². The van der Waals surface area contributed by atoms with E-state index in [0.29, 0.717) is 16.8 Å². The number of rotatable bonds is 7. The van der Waals surface area contributed by atoms with Gasteiger partial charge in [-0.05, 0) is 68.1 Å². The Morgan fingerprint density at radius 3 is 2.55 bits per heavy atom. The lowest BCUT2D eigenvalue weighted by Gasteiger charge is -2.25. The van der Waals surface area contributed by atoms with Gasteiger partial charge < -0.3 is 10.1 Å². The summed E-state index contributed by atoms with van der Waals surface area (Å²) in [7, 11) is 1.66. The van der Waals surface area contributed by atoms with Gasteiger partial charge in [-0.1, -0.05) is 48.7 Å². The van der Waals surface area contributed by atoms with Gasteiger partial charge in [-0.15, -0.1) is 10.2 Å². The minimum Gasteiger partial charge on any atom is -0.497 e. The van der Waals surface area contributed by atoms with Gasteiger partial charge in [0.15, 0.2) is 11.0 Å². The molecule has 0 radical (unpaired) electrons. The summed E-state index contributed by atoms with van der Waals surface area (Å²) in [5, 5.41) is 13.3. The number of hydrogen-bond acceptors (Lipinski definition) is 5. The molecular weight excluding hydrogens is 456 g/mol. The molecule has 1 fully saturated rings. The molecule has 2 aromatic carbocycles. The number of nitrogens with zero attached hydrogens (tertiary/aromatic N) is 3. The first kappa shape index (κ1) is 23.6. The number of carbonyl (C=O) groups excluding carboxylic acids is 1. The van der Waals surface area contributed by atoms with Crippen molar-refractivity contribution in [3.05, 3.63) is 52.5 Å². The summed E-state index contributed by atoms with van der Waals surface area (Å²) in [4.78, 5) is 12.7. The Kier molecular flexibility index (Phi) is 7.60. The van der Waals surface area contributed by atoms with Crippen molar-refractivity contribution in [1.82, 2.24) is 14.8 Å². The topological polar surface area (TPSA) is 69.0 Å². The summed E-state index contributed by atoms with van der Waals surface area (Å²) < 4.78 is 7.52. The van der Waals surface area contributed by atoms with Gasteiger partial charge >= 0.3 is 0 Å². The van der Waals surface area contributed by atoms with E-state index in [-0.39, 0.29) is 11.7 Å². The fourth-order valence-corrected chi connectivity index (χ4v) is 5.53. The fraction of sp³-hybridized carbons (Fsp3) is 0.400. The summed E-state index contributed by atoms with van der Waals surface area (Å²) >= 11 is 7.77. The van der Waals surface area contributed by atoms with Crippen LogP contribution < -0.4 is 10.1 Å². The first-order valence-electron chi connectivity index (χ1n) is 11.2. The van der Waals surface area contributed by atoms with Gasteiger partial charge in [0.05, 0.1) is 23.6 Å². The van der Waals surface area contributed by atoms with Crippen molar-refractivity contribution in [1.29, 1.82) is 0 Å². The molecule has 1 aliphatic rings. The predicted molar refractivity (Wildman–Crippen MR) is 134 cm³/mol. The van der Waals surface area contributed by atoms with Gasteiger partial charge in [-0.25, -0.2) is 0 Å². The van der Waals surface area contributed by atoms with Crippen molar-refractivity contribution in [3.8, 4) is 17.1 Å². The summed E-state index contributed by atoms with van der Waals surface area (Å²) in [5.74, 6) is 1.76. The second kappa shape index (κ2) is 10.6. The lowest BCUT2D eigenvalue weighted by atomic mass is 9.95. The van der Waals surface area contributed by atoms with E-state index >= 15 is 0 Å². The van der Waals surface area contributed by atoms with Crippen molar-refractivity contribution < 1.29 is 9.53 Å². The molecule has 1 amide bonds. The summed E-state index contributed by atoms with van der Waals surface area (Å²) in [5.41, 5.74) is 3.68. The first-order valence-corrected chi connectivity index (χ1v) is 12.6. The van der Waals surface area contributed by atoms with Crippen LogP contribution in [-0.4, -0.2) is 33.5 Å². The van der Waals surface area contributed by atoms with Crippen LogP contribution >= 0.6 is 23.4 Å². The lowest BCUT2D eigenvalue weighted by molar-refractivity contribution is -0.113. The Labute approximate surface area is 204 Å². The summed E-state index contributed by atoms with van der Waals surface area (Å²) in [6, 6.07) is 12.1. The van der Waals surface area contributed by atoms with Crippen LogP contribution in [0.5, 0.6) is 5.75 Å². The number of anilines is 1. The maximum absolute atomic E-state index is 12.7. The van der Waals surface area contributed by atoms with E-state index in [2.05, 4.69) is 20.1 Å². The molecule has 4 rings (SSSR count). The third-order valence-corrected chi connectivity index (χ3v) is 7.22. The highest BCUT2D eigenvalue weighted by Gasteiger charge is 2.24. The van der Waals surface area contributed by atoms with E-state index < -0.39 is 0 Å². The molecule has 174 valence electrons. The van der Waals surface area contributed by atoms with Gasteiger partial charge in [0, 0.05) is 11.6 Å². The number of carbonyl (C=O) groups is 1. The minimum absolute atomic E-state index is 0.113. The molecule has 0 saturated heterocycles. The van der Waals surface area contributed by atoms with Crippen LogP contribution in [0.15, 0.2) is 41.6 Å². The van der Waals surface area contributed by atoms with Crippen LogP contribution in [0.4, 0.5) is 5.69 Å². The highest BCUT2D eigenvalue weighted by Crippen LogP contribution is 2.36. The van der Waals surface area contributed by atoms with Crippen LogP contribution in [0.25, 0.3) is 11.4 Å². The molecule has 6 nitrogen and oxygen atoms in total. The van der Waals surface area contributed by atoms with E-state index in [0.717, 1.165) is 46.3 Å². The standard InChI is InChI=1S/C25H29ClN4O2S/c1-16-13-17(2)23(21(26)14-16)27-22(31)15-33-25-29-28-24(18-9-11-20(32-3)12-10-18)30(25)19-7-5-4-6-8-19/h9-14,19H,4-8,15H2,1-3H3,(H,27,31). The van der Waals surface area contributed by atoms with Crippen molar-refractivity contribution in [2.45, 2.75) is 57.1 Å². The fourth-order valence-electron chi connectivity index (χ4n) is 4.36. The van der Waals surface area contributed by atoms with Crippen molar-refractivity contribution in [2.24, 2.45) is 0 Å². The Morgan fingerprint density at radius 2 is 1.88 bits per heavy atom. The number of methoxy groups -OCH3 is 1. The molecule has 0 unspecified atom stereocenters. The Morgan fingerprint density at radius 1 is 1.15 bits per heavy atom. The molecule has 8 heteroatoms. The maximum Gasteiger partial charge on any atom is 0.234 e. The Hall–Kier alpha value is -2.51. The number of benzene rings is 2. The molecule has 1 saturated carbocycles. The predicted octanol–water partition coefficient (Wildman–Crippen LogP) is 6.46. The molecule has 0 spiro atoms. The smallest absolute Gasteiger partial charge is 0.234 e. The molecule has 0 aliphatic heterocycles. The van der Waals surface area contributed by atoms with E-state index in [9.17, 15) is 4.79 Å². The van der Waals surface area contributed by atoms with E-state index in [4.69, 9.17) is 16.3 Å². The molecule has 1 aromatic heterocycles. The molecule has 3 aromatic rings. The third-order valence-electron chi connectivity index (χ3n) is 5.98. The molecular formula is C25H29ClN4O2S. The van der Waals surface area contributed by atoms with Crippen molar-refractivity contribution in [3.63, 3.8) is 0 Å². The lowest BCUT2D eigenvalue weighted by Crippen LogP contribution is -2.18. The average molecular weight is 485 g/mol.